The minimum atomic E-state index is -0.965. The van der Waals surface area contributed by atoms with Crippen molar-refractivity contribution in [2.24, 2.45) is 5.92 Å². The summed E-state index contributed by atoms with van der Waals surface area (Å²) in [5.41, 5.74) is 0. The molecule has 3 unspecified atom stereocenters. The smallest absolute Gasteiger partial charge is 0.330 e. The minimum Gasteiger partial charge on any atom is -0.465 e. The Hall–Kier alpha value is -0.770. The lowest BCUT2D eigenvalue weighted by Crippen LogP contribution is -2.54. The van der Waals surface area contributed by atoms with Gasteiger partial charge in [0.2, 0.25) is 0 Å². The second-order valence-electron chi connectivity index (χ2n) is 4.24. The maximum absolute atomic E-state index is 12.1. The summed E-state index contributed by atoms with van der Waals surface area (Å²) in [4.78, 5) is 23.9. The molecule has 1 aliphatic carbocycles. The third-order valence-electron chi connectivity index (χ3n) is 3.28. The Morgan fingerprint density at radius 2 is 2.19 bits per heavy atom. The molecular formula is C12H16O3S. The molecule has 88 valence electrons. The van der Waals surface area contributed by atoms with Gasteiger partial charge in [-0.25, -0.2) is 0 Å². The number of ether oxygens (including phenoxy) is 1. The second kappa shape index (κ2) is 4.24. The highest BCUT2D eigenvalue weighted by Crippen LogP contribution is 2.50. The van der Waals surface area contributed by atoms with Crippen molar-refractivity contribution in [1.29, 1.82) is 0 Å². The Balaban J connectivity index is 2.34. The van der Waals surface area contributed by atoms with Crippen molar-refractivity contribution < 1.29 is 14.3 Å². The monoisotopic (exact) mass is 240 g/mol. The van der Waals surface area contributed by atoms with Crippen LogP contribution in [0.4, 0.5) is 0 Å². The van der Waals surface area contributed by atoms with Crippen LogP contribution < -0.4 is 0 Å². The number of allylic oxidation sites excluding steroid dienone is 1. The van der Waals surface area contributed by atoms with Crippen LogP contribution >= 0.6 is 11.8 Å². The molecule has 0 radical (unpaired) electrons. The molecule has 2 heterocycles. The van der Waals surface area contributed by atoms with Crippen LogP contribution in [0.15, 0.2) is 12.2 Å². The first-order valence-electron chi connectivity index (χ1n) is 5.65. The van der Waals surface area contributed by atoms with Crippen molar-refractivity contribution in [3.8, 4) is 0 Å². The first kappa shape index (κ1) is 11.7. The number of thioether (sulfide) groups is 1. The van der Waals surface area contributed by atoms with E-state index in [4.69, 9.17) is 4.74 Å². The highest BCUT2D eigenvalue weighted by Gasteiger charge is 2.55. The lowest BCUT2D eigenvalue weighted by molar-refractivity contribution is -0.150. The summed E-state index contributed by atoms with van der Waals surface area (Å²) in [6, 6.07) is 0. The molecule has 3 aliphatic rings. The maximum atomic E-state index is 12.1. The number of rotatable bonds is 3. The van der Waals surface area contributed by atoms with E-state index in [2.05, 4.69) is 6.08 Å². The molecular weight excluding hydrogens is 224 g/mol. The minimum absolute atomic E-state index is 0.0130. The zero-order chi connectivity index (χ0) is 11.8. The SMILES string of the molecule is CCOC(=O)C1(C(C)=O)SC2C=CC1CC2. The Kier molecular flexibility index (Phi) is 3.10. The average Bonchev–Trinajstić information content (AvgIpc) is 2.30. The number of Topliss-reactive ketones (excluding diaryl/α,β-unsaturated/α-hetero) is 1. The molecule has 0 spiro atoms. The van der Waals surface area contributed by atoms with Gasteiger partial charge in [-0.3, -0.25) is 9.59 Å². The van der Waals surface area contributed by atoms with E-state index in [1.165, 1.54) is 18.7 Å². The number of ketones is 1. The van der Waals surface area contributed by atoms with Crippen LogP contribution in [0.5, 0.6) is 0 Å². The Morgan fingerprint density at radius 3 is 2.56 bits per heavy atom. The van der Waals surface area contributed by atoms with E-state index in [1.54, 1.807) is 6.92 Å². The normalized spacial score (nSPS) is 36.1. The Morgan fingerprint density at radius 1 is 1.44 bits per heavy atom. The van der Waals surface area contributed by atoms with Gasteiger partial charge in [-0.15, -0.1) is 11.8 Å². The molecule has 3 rings (SSSR count). The van der Waals surface area contributed by atoms with E-state index in [-0.39, 0.29) is 17.7 Å². The predicted molar refractivity (Wildman–Crippen MR) is 63.3 cm³/mol. The third kappa shape index (κ3) is 1.59. The van der Waals surface area contributed by atoms with Crippen molar-refractivity contribution in [3.63, 3.8) is 0 Å². The molecule has 4 heteroatoms. The van der Waals surface area contributed by atoms with Crippen LogP contribution in [0.25, 0.3) is 0 Å². The predicted octanol–water partition coefficient (Wildman–Crippen LogP) is 1.96. The number of hydrogen-bond acceptors (Lipinski definition) is 4. The van der Waals surface area contributed by atoms with Crippen LogP contribution in [-0.4, -0.2) is 28.4 Å². The fourth-order valence-electron chi connectivity index (χ4n) is 2.48. The van der Waals surface area contributed by atoms with Crippen molar-refractivity contribution in [2.45, 2.75) is 36.7 Å². The first-order chi connectivity index (χ1) is 7.61. The van der Waals surface area contributed by atoms with Gasteiger partial charge in [0, 0.05) is 11.2 Å². The zero-order valence-electron chi connectivity index (χ0n) is 9.56. The van der Waals surface area contributed by atoms with Crippen LogP contribution in [0.1, 0.15) is 26.7 Å². The van der Waals surface area contributed by atoms with E-state index >= 15 is 0 Å². The van der Waals surface area contributed by atoms with Gasteiger partial charge in [0.1, 0.15) is 0 Å². The molecule has 2 aliphatic heterocycles. The van der Waals surface area contributed by atoms with Gasteiger partial charge in [0.25, 0.3) is 0 Å². The van der Waals surface area contributed by atoms with Crippen molar-refractivity contribution in [1.82, 2.24) is 0 Å². The molecule has 1 saturated heterocycles. The van der Waals surface area contributed by atoms with Gasteiger partial charge in [-0.05, 0) is 26.7 Å². The first-order valence-corrected chi connectivity index (χ1v) is 6.53. The largest absolute Gasteiger partial charge is 0.465 e. The van der Waals surface area contributed by atoms with Gasteiger partial charge in [-0.2, -0.15) is 0 Å². The van der Waals surface area contributed by atoms with Crippen molar-refractivity contribution in [3.05, 3.63) is 12.2 Å². The lowest BCUT2D eigenvalue weighted by atomic mass is 9.80. The molecule has 0 N–H and O–H groups in total. The van der Waals surface area contributed by atoms with Gasteiger partial charge in [0.05, 0.1) is 6.61 Å². The van der Waals surface area contributed by atoms with Crippen LogP contribution in [0.3, 0.4) is 0 Å². The zero-order valence-corrected chi connectivity index (χ0v) is 10.4. The number of esters is 1. The summed E-state index contributed by atoms with van der Waals surface area (Å²) in [6.07, 6.45) is 6.09. The van der Waals surface area contributed by atoms with E-state index in [0.717, 1.165) is 12.8 Å². The highest BCUT2D eigenvalue weighted by atomic mass is 32.2. The van der Waals surface area contributed by atoms with E-state index in [9.17, 15) is 9.59 Å². The van der Waals surface area contributed by atoms with Crippen molar-refractivity contribution in [2.75, 3.05) is 6.61 Å². The molecule has 0 amide bonds. The quantitative estimate of drug-likeness (QED) is 0.430. The van der Waals surface area contributed by atoms with E-state index in [0.29, 0.717) is 11.9 Å². The summed E-state index contributed by atoms with van der Waals surface area (Å²) in [5.74, 6) is -0.416. The molecule has 2 bridgehead atoms. The summed E-state index contributed by atoms with van der Waals surface area (Å²) in [6.45, 7) is 3.60. The van der Waals surface area contributed by atoms with Gasteiger partial charge in [-0.1, -0.05) is 12.2 Å². The summed E-state index contributed by atoms with van der Waals surface area (Å²) in [7, 11) is 0. The molecule has 0 saturated carbocycles. The molecule has 16 heavy (non-hydrogen) atoms. The molecule has 1 fully saturated rings. The highest BCUT2D eigenvalue weighted by molar-refractivity contribution is 8.03. The molecule has 0 aromatic carbocycles. The van der Waals surface area contributed by atoms with Crippen LogP contribution in [-0.2, 0) is 14.3 Å². The molecule has 0 aromatic rings. The summed E-state index contributed by atoms with van der Waals surface area (Å²) in [5, 5.41) is 0.290. The number of fused-ring (bicyclic) bond motifs is 2. The van der Waals surface area contributed by atoms with Crippen LogP contribution in [0.2, 0.25) is 0 Å². The fraction of sp³-hybridized carbons (Fsp3) is 0.667. The average molecular weight is 240 g/mol. The molecule has 3 nitrogen and oxygen atoms in total. The third-order valence-corrected chi connectivity index (χ3v) is 5.11. The topological polar surface area (TPSA) is 43.4 Å². The number of hydrogen-bond donors (Lipinski definition) is 0. The summed E-state index contributed by atoms with van der Waals surface area (Å²) < 4.78 is 4.12. The maximum Gasteiger partial charge on any atom is 0.330 e. The summed E-state index contributed by atoms with van der Waals surface area (Å²) >= 11 is 1.47. The van der Waals surface area contributed by atoms with Crippen molar-refractivity contribution >= 4 is 23.5 Å². The molecule has 0 aromatic heterocycles. The standard InChI is InChI=1S/C12H16O3S/c1-3-15-11(14)12(8(2)13)9-4-6-10(16-12)7-5-9/h4,6,9-10H,3,5,7H2,1-2H3. The van der Waals surface area contributed by atoms with E-state index < -0.39 is 4.75 Å². The lowest BCUT2D eigenvalue weighted by Gasteiger charge is -2.44. The van der Waals surface area contributed by atoms with E-state index in [1.807, 2.05) is 6.08 Å². The van der Waals surface area contributed by atoms with Crippen LogP contribution in [0, 0.1) is 5.92 Å². The Labute approximate surface area is 99.6 Å². The Bertz CT molecular complexity index is 350. The number of carbonyl (C=O) groups is 2. The second-order valence-corrected chi connectivity index (χ2v) is 5.72. The van der Waals surface area contributed by atoms with Gasteiger partial charge < -0.3 is 4.74 Å². The van der Waals surface area contributed by atoms with Gasteiger partial charge in [0.15, 0.2) is 10.5 Å². The van der Waals surface area contributed by atoms with Gasteiger partial charge >= 0.3 is 5.97 Å². The molecule has 3 atom stereocenters. The fourth-order valence-corrected chi connectivity index (χ4v) is 4.08. The number of carbonyl (C=O) groups excluding carboxylic acids is 2.